The lowest BCUT2D eigenvalue weighted by molar-refractivity contribution is 0.0534. The zero-order valence-corrected chi connectivity index (χ0v) is 15.4. The number of rotatable bonds is 2. The molecule has 2 amide bonds. The molecule has 0 aliphatic carbocycles. The molecule has 0 atom stereocenters. The monoisotopic (exact) mass is 360 g/mol. The molecule has 0 N–H and O–H groups in total. The molecule has 0 bridgehead atoms. The van der Waals surface area contributed by atoms with E-state index in [9.17, 15) is 9.59 Å². The second-order valence-electron chi connectivity index (χ2n) is 6.31. The van der Waals surface area contributed by atoms with Crippen LogP contribution in [-0.4, -0.2) is 47.8 Å². The molecule has 1 aromatic carbocycles. The fourth-order valence-electron chi connectivity index (χ4n) is 3.15. The second kappa shape index (κ2) is 6.92. The van der Waals surface area contributed by atoms with E-state index in [0.717, 1.165) is 11.3 Å². The minimum Gasteiger partial charge on any atom is -0.466 e. The summed E-state index contributed by atoms with van der Waals surface area (Å²) in [7, 11) is 0. The Bertz CT molecular complexity index is 803. The van der Waals surface area contributed by atoms with Crippen LogP contribution in [0.4, 0.5) is 0 Å². The zero-order chi connectivity index (χ0) is 18.1. The molecule has 6 heteroatoms. The van der Waals surface area contributed by atoms with Crippen molar-refractivity contribution in [2.24, 2.45) is 0 Å². The first-order chi connectivity index (χ1) is 11.9. The standard InChI is InChI=1S/C19H21ClN2O3/c1-12-13(2)25-14(3)17(12)19(24)22-10-8-21(9-11-22)18(23)15-4-6-16(20)7-5-15/h4-7H,8-11H2,1-3H3. The van der Waals surface area contributed by atoms with Gasteiger partial charge in [-0.15, -0.1) is 0 Å². The lowest BCUT2D eigenvalue weighted by Crippen LogP contribution is -2.50. The summed E-state index contributed by atoms with van der Waals surface area (Å²) in [5.41, 5.74) is 2.15. The molecular weight excluding hydrogens is 340 g/mol. The van der Waals surface area contributed by atoms with Gasteiger partial charge in [0, 0.05) is 42.3 Å². The molecule has 1 saturated heterocycles. The van der Waals surface area contributed by atoms with Gasteiger partial charge in [-0.2, -0.15) is 0 Å². The summed E-state index contributed by atoms with van der Waals surface area (Å²) >= 11 is 5.86. The van der Waals surface area contributed by atoms with Gasteiger partial charge in [-0.05, 0) is 45.0 Å². The Labute approximate surface area is 152 Å². The van der Waals surface area contributed by atoms with E-state index in [2.05, 4.69) is 0 Å². The summed E-state index contributed by atoms with van der Waals surface area (Å²) in [6, 6.07) is 6.87. The van der Waals surface area contributed by atoms with Crippen LogP contribution in [0.25, 0.3) is 0 Å². The van der Waals surface area contributed by atoms with Gasteiger partial charge in [0.15, 0.2) is 0 Å². The third-order valence-electron chi connectivity index (χ3n) is 4.72. The van der Waals surface area contributed by atoms with E-state index in [-0.39, 0.29) is 11.8 Å². The van der Waals surface area contributed by atoms with Gasteiger partial charge in [-0.1, -0.05) is 11.6 Å². The number of aryl methyl sites for hydroxylation is 2. The molecular formula is C19H21ClN2O3. The maximum Gasteiger partial charge on any atom is 0.257 e. The van der Waals surface area contributed by atoms with Gasteiger partial charge < -0.3 is 14.2 Å². The largest absolute Gasteiger partial charge is 0.466 e. The molecule has 0 saturated carbocycles. The maximum atomic E-state index is 12.8. The Morgan fingerprint density at radius 2 is 1.40 bits per heavy atom. The molecule has 132 valence electrons. The highest BCUT2D eigenvalue weighted by atomic mass is 35.5. The number of amides is 2. The van der Waals surface area contributed by atoms with Crippen LogP contribution in [0.15, 0.2) is 28.7 Å². The number of nitrogens with zero attached hydrogens (tertiary/aromatic N) is 2. The van der Waals surface area contributed by atoms with Gasteiger partial charge in [0.05, 0.1) is 5.56 Å². The smallest absolute Gasteiger partial charge is 0.257 e. The molecule has 0 unspecified atom stereocenters. The fraction of sp³-hybridized carbons (Fsp3) is 0.368. The van der Waals surface area contributed by atoms with E-state index in [1.54, 1.807) is 34.1 Å². The number of carbonyl (C=O) groups is 2. The van der Waals surface area contributed by atoms with Crippen molar-refractivity contribution in [3.05, 3.63) is 57.5 Å². The van der Waals surface area contributed by atoms with Crippen molar-refractivity contribution in [1.29, 1.82) is 0 Å². The summed E-state index contributed by atoms with van der Waals surface area (Å²) in [5.74, 6) is 1.37. The van der Waals surface area contributed by atoms with E-state index < -0.39 is 0 Å². The third kappa shape index (κ3) is 3.42. The molecule has 1 aromatic heterocycles. The van der Waals surface area contributed by atoms with Crippen LogP contribution in [0.5, 0.6) is 0 Å². The predicted octanol–water partition coefficient (Wildman–Crippen LogP) is 3.46. The van der Waals surface area contributed by atoms with Crippen molar-refractivity contribution in [2.75, 3.05) is 26.2 Å². The maximum absolute atomic E-state index is 12.8. The number of halogens is 1. The van der Waals surface area contributed by atoms with Crippen LogP contribution in [0, 0.1) is 20.8 Å². The molecule has 2 aromatic rings. The molecule has 5 nitrogen and oxygen atoms in total. The number of hydrogen-bond acceptors (Lipinski definition) is 3. The van der Waals surface area contributed by atoms with Gasteiger partial charge in [0.1, 0.15) is 11.5 Å². The van der Waals surface area contributed by atoms with Crippen molar-refractivity contribution in [3.8, 4) is 0 Å². The normalized spacial score (nSPS) is 14.7. The highest BCUT2D eigenvalue weighted by Crippen LogP contribution is 2.23. The minimum atomic E-state index is -0.0321. The van der Waals surface area contributed by atoms with Crippen molar-refractivity contribution in [3.63, 3.8) is 0 Å². The molecule has 25 heavy (non-hydrogen) atoms. The average molecular weight is 361 g/mol. The Balaban J connectivity index is 1.66. The highest BCUT2D eigenvalue weighted by Gasteiger charge is 2.28. The van der Waals surface area contributed by atoms with Crippen LogP contribution in [0.2, 0.25) is 5.02 Å². The summed E-state index contributed by atoms with van der Waals surface area (Å²) in [4.78, 5) is 28.9. The number of furan rings is 1. The Morgan fingerprint density at radius 3 is 1.88 bits per heavy atom. The first kappa shape index (κ1) is 17.5. The lowest BCUT2D eigenvalue weighted by atomic mass is 10.1. The van der Waals surface area contributed by atoms with E-state index in [4.69, 9.17) is 16.0 Å². The van der Waals surface area contributed by atoms with E-state index in [1.807, 2.05) is 20.8 Å². The second-order valence-corrected chi connectivity index (χ2v) is 6.74. The minimum absolute atomic E-state index is 0.0227. The van der Waals surface area contributed by atoms with E-state index >= 15 is 0 Å². The van der Waals surface area contributed by atoms with Crippen LogP contribution in [0.3, 0.4) is 0 Å². The molecule has 0 radical (unpaired) electrons. The molecule has 1 fully saturated rings. The molecule has 3 rings (SSSR count). The van der Waals surface area contributed by atoms with E-state index in [0.29, 0.717) is 48.1 Å². The Morgan fingerprint density at radius 1 is 0.880 bits per heavy atom. The highest BCUT2D eigenvalue weighted by molar-refractivity contribution is 6.30. The number of piperazine rings is 1. The van der Waals surface area contributed by atoms with Crippen LogP contribution < -0.4 is 0 Å². The SMILES string of the molecule is Cc1oc(C)c(C(=O)N2CCN(C(=O)c3ccc(Cl)cc3)CC2)c1C. The van der Waals surface area contributed by atoms with Crippen molar-refractivity contribution in [1.82, 2.24) is 9.80 Å². The first-order valence-corrected chi connectivity index (χ1v) is 8.67. The van der Waals surface area contributed by atoms with Crippen LogP contribution in [0.1, 0.15) is 37.8 Å². The summed E-state index contributed by atoms with van der Waals surface area (Å²) in [5, 5.41) is 0.605. The molecule has 1 aliphatic rings. The van der Waals surface area contributed by atoms with Gasteiger partial charge in [0.25, 0.3) is 11.8 Å². The first-order valence-electron chi connectivity index (χ1n) is 8.29. The van der Waals surface area contributed by atoms with Gasteiger partial charge >= 0.3 is 0 Å². The topological polar surface area (TPSA) is 53.8 Å². The predicted molar refractivity (Wildman–Crippen MR) is 96.2 cm³/mol. The fourth-order valence-corrected chi connectivity index (χ4v) is 3.28. The van der Waals surface area contributed by atoms with Crippen molar-refractivity contribution in [2.45, 2.75) is 20.8 Å². The molecule has 0 spiro atoms. The number of carbonyl (C=O) groups excluding carboxylic acids is 2. The van der Waals surface area contributed by atoms with E-state index in [1.165, 1.54) is 0 Å². The number of benzene rings is 1. The van der Waals surface area contributed by atoms with Gasteiger partial charge in [0.2, 0.25) is 0 Å². The van der Waals surface area contributed by atoms with Crippen LogP contribution in [-0.2, 0) is 0 Å². The Hall–Kier alpha value is -2.27. The molecule has 1 aliphatic heterocycles. The van der Waals surface area contributed by atoms with Crippen molar-refractivity contribution >= 4 is 23.4 Å². The van der Waals surface area contributed by atoms with Crippen LogP contribution >= 0.6 is 11.6 Å². The quantitative estimate of drug-likeness (QED) is 0.824. The molecule has 2 heterocycles. The summed E-state index contributed by atoms with van der Waals surface area (Å²) in [6.07, 6.45) is 0. The lowest BCUT2D eigenvalue weighted by Gasteiger charge is -2.35. The Kier molecular flexibility index (Phi) is 4.86. The average Bonchev–Trinajstić information content (AvgIpc) is 2.87. The zero-order valence-electron chi connectivity index (χ0n) is 14.6. The summed E-state index contributed by atoms with van der Waals surface area (Å²) in [6.45, 7) is 7.64. The van der Waals surface area contributed by atoms with Gasteiger partial charge in [-0.3, -0.25) is 9.59 Å². The third-order valence-corrected chi connectivity index (χ3v) is 4.97. The number of hydrogen-bond donors (Lipinski definition) is 0. The van der Waals surface area contributed by atoms with Gasteiger partial charge in [-0.25, -0.2) is 0 Å². The van der Waals surface area contributed by atoms with Crippen molar-refractivity contribution < 1.29 is 14.0 Å². The summed E-state index contributed by atoms with van der Waals surface area (Å²) < 4.78 is 5.56.